The molecule has 0 aliphatic heterocycles. The summed E-state index contributed by atoms with van der Waals surface area (Å²) in [5.74, 6) is -0.654. The molecule has 0 fully saturated rings. The van der Waals surface area contributed by atoms with Crippen molar-refractivity contribution in [3.8, 4) is 11.8 Å². The maximum absolute atomic E-state index is 12.1. The number of nitrogens with zero attached hydrogens (tertiary/aromatic N) is 2. The first-order valence-electron chi connectivity index (χ1n) is 6.76. The van der Waals surface area contributed by atoms with Crippen molar-refractivity contribution in [1.82, 2.24) is 5.43 Å². The zero-order valence-corrected chi connectivity index (χ0v) is 13.9. The van der Waals surface area contributed by atoms with E-state index in [-0.39, 0.29) is 0 Å². The Morgan fingerprint density at radius 1 is 1.35 bits per heavy atom. The van der Waals surface area contributed by atoms with E-state index in [2.05, 4.69) is 26.5 Å². The molecule has 2 rings (SSSR count). The number of ether oxygens (including phenoxy) is 1. The number of methoxy groups -OCH3 is 1. The maximum atomic E-state index is 12.1. The topological polar surface area (TPSA) is 74.5 Å². The smallest absolute Gasteiger partial charge is 0.261 e. The van der Waals surface area contributed by atoms with E-state index in [1.807, 2.05) is 18.2 Å². The minimum atomic E-state index is -0.893. The molecule has 116 valence electrons. The van der Waals surface area contributed by atoms with Gasteiger partial charge in [0.15, 0.2) is 5.92 Å². The number of rotatable bonds is 5. The molecule has 1 N–H and O–H groups in total. The van der Waals surface area contributed by atoms with Gasteiger partial charge in [-0.05, 0) is 45.3 Å². The van der Waals surface area contributed by atoms with E-state index in [0.29, 0.717) is 11.3 Å². The average Bonchev–Trinajstić information content (AvgIpc) is 2.57. The molecule has 0 spiro atoms. The van der Waals surface area contributed by atoms with E-state index in [4.69, 9.17) is 4.74 Å². The highest BCUT2D eigenvalue weighted by molar-refractivity contribution is 9.10. The number of amides is 1. The molecular weight excluding hydrogens is 358 g/mol. The van der Waals surface area contributed by atoms with Crippen LogP contribution in [0.1, 0.15) is 17.0 Å². The number of benzene rings is 2. The minimum Gasteiger partial charge on any atom is -0.496 e. The van der Waals surface area contributed by atoms with E-state index in [1.165, 1.54) is 6.21 Å². The molecule has 5 nitrogen and oxygen atoms in total. The van der Waals surface area contributed by atoms with Crippen LogP contribution in [0.5, 0.6) is 5.75 Å². The van der Waals surface area contributed by atoms with Crippen LogP contribution in [-0.2, 0) is 4.79 Å². The maximum Gasteiger partial charge on any atom is 0.261 e. The third kappa shape index (κ3) is 4.41. The van der Waals surface area contributed by atoms with Crippen molar-refractivity contribution in [1.29, 1.82) is 5.26 Å². The number of hydrogen-bond donors (Lipinski definition) is 1. The van der Waals surface area contributed by atoms with Crippen LogP contribution in [0.15, 0.2) is 58.1 Å². The van der Waals surface area contributed by atoms with Crippen molar-refractivity contribution in [2.45, 2.75) is 5.92 Å². The van der Waals surface area contributed by atoms with Crippen LogP contribution in [-0.4, -0.2) is 19.2 Å². The van der Waals surface area contributed by atoms with Crippen molar-refractivity contribution < 1.29 is 9.53 Å². The Hall–Kier alpha value is -2.65. The fourth-order valence-electron chi connectivity index (χ4n) is 1.93. The largest absolute Gasteiger partial charge is 0.496 e. The van der Waals surface area contributed by atoms with Crippen molar-refractivity contribution >= 4 is 28.1 Å². The summed E-state index contributed by atoms with van der Waals surface area (Å²) in [6, 6.07) is 16.2. The first kappa shape index (κ1) is 16.7. The van der Waals surface area contributed by atoms with Gasteiger partial charge in [0.05, 0.1) is 23.9 Å². The number of halogens is 1. The predicted molar refractivity (Wildman–Crippen MR) is 91.2 cm³/mol. The lowest BCUT2D eigenvalue weighted by Crippen LogP contribution is -2.24. The lowest BCUT2D eigenvalue weighted by molar-refractivity contribution is -0.121. The molecule has 0 saturated heterocycles. The molecule has 0 unspecified atom stereocenters. The second-order valence-corrected chi connectivity index (χ2v) is 5.46. The molecule has 23 heavy (non-hydrogen) atoms. The number of carbonyl (C=O) groups excluding carboxylic acids is 1. The molecule has 0 aliphatic rings. The van der Waals surface area contributed by atoms with Crippen molar-refractivity contribution in [3.05, 3.63) is 64.1 Å². The summed E-state index contributed by atoms with van der Waals surface area (Å²) in [4.78, 5) is 12.1. The Bertz CT molecular complexity index is 754. The second kappa shape index (κ2) is 8.11. The Balaban J connectivity index is 2.03. The van der Waals surface area contributed by atoms with E-state index >= 15 is 0 Å². The van der Waals surface area contributed by atoms with Gasteiger partial charge in [0, 0.05) is 0 Å². The summed E-state index contributed by atoms with van der Waals surface area (Å²) in [6.07, 6.45) is 1.50. The third-order valence-corrected chi connectivity index (χ3v) is 3.71. The zero-order chi connectivity index (χ0) is 16.7. The van der Waals surface area contributed by atoms with Gasteiger partial charge in [0.1, 0.15) is 5.75 Å². The van der Waals surface area contributed by atoms with Crippen molar-refractivity contribution in [2.75, 3.05) is 7.11 Å². The molecule has 0 bridgehead atoms. The van der Waals surface area contributed by atoms with Gasteiger partial charge in [-0.15, -0.1) is 0 Å². The summed E-state index contributed by atoms with van der Waals surface area (Å²) in [5, 5.41) is 13.1. The summed E-state index contributed by atoms with van der Waals surface area (Å²) in [5.41, 5.74) is 3.81. The normalized spacial score (nSPS) is 11.7. The Morgan fingerprint density at radius 2 is 2.09 bits per heavy atom. The zero-order valence-electron chi connectivity index (χ0n) is 12.4. The van der Waals surface area contributed by atoms with Gasteiger partial charge < -0.3 is 4.74 Å². The van der Waals surface area contributed by atoms with Crippen LogP contribution in [0.25, 0.3) is 0 Å². The van der Waals surface area contributed by atoms with Crippen LogP contribution < -0.4 is 10.2 Å². The lowest BCUT2D eigenvalue weighted by atomic mass is 10.0. The van der Waals surface area contributed by atoms with E-state index in [0.717, 1.165) is 10.0 Å². The first-order valence-corrected chi connectivity index (χ1v) is 7.56. The average molecular weight is 372 g/mol. The Labute approximate surface area is 142 Å². The fourth-order valence-corrected chi connectivity index (χ4v) is 2.49. The van der Waals surface area contributed by atoms with Gasteiger partial charge in [-0.25, -0.2) is 5.43 Å². The molecule has 0 aliphatic carbocycles. The highest BCUT2D eigenvalue weighted by Crippen LogP contribution is 2.24. The summed E-state index contributed by atoms with van der Waals surface area (Å²) in [7, 11) is 1.58. The minimum absolute atomic E-state index is 0.470. The van der Waals surface area contributed by atoms with Crippen molar-refractivity contribution in [3.63, 3.8) is 0 Å². The molecule has 0 saturated carbocycles. The van der Waals surface area contributed by atoms with Gasteiger partial charge in [-0.2, -0.15) is 10.4 Å². The summed E-state index contributed by atoms with van der Waals surface area (Å²) >= 11 is 3.38. The number of hydrazone groups is 1. The molecule has 1 atom stereocenters. The lowest BCUT2D eigenvalue weighted by Gasteiger charge is -2.07. The standard InChI is InChI=1S/C17H14BrN3O2/c1-23-16-8-7-12(9-15(16)18)11-20-21-17(22)14(10-19)13-5-3-2-4-6-13/h2-9,11,14H,1H3,(H,21,22)/b20-11-/t14-/m0/s1. The first-order chi connectivity index (χ1) is 11.2. The van der Waals surface area contributed by atoms with Crippen molar-refractivity contribution in [2.24, 2.45) is 5.10 Å². The number of nitrogens with one attached hydrogen (secondary N) is 1. The second-order valence-electron chi connectivity index (χ2n) is 4.60. The van der Waals surface area contributed by atoms with Crippen LogP contribution in [0.2, 0.25) is 0 Å². The summed E-state index contributed by atoms with van der Waals surface area (Å²) < 4.78 is 5.93. The highest BCUT2D eigenvalue weighted by atomic mass is 79.9. The quantitative estimate of drug-likeness (QED) is 0.647. The molecule has 2 aromatic carbocycles. The third-order valence-electron chi connectivity index (χ3n) is 3.09. The van der Waals surface area contributed by atoms with Gasteiger partial charge in [-0.3, -0.25) is 4.79 Å². The molecule has 6 heteroatoms. The van der Waals surface area contributed by atoms with Gasteiger partial charge in [-0.1, -0.05) is 30.3 Å². The van der Waals surface area contributed by atoms with E-state index in [9.17, 15) is 10.1 Å². The molecular formula is C17H14BrN3O2. The van der Waals surface area contributed by atoms with E-state index < -0.39 is 11.8 Å². The molecule has 2 aromatic rings. The molecule has 0 aromatic heterocycles. The van der Waals surface area contributed by atoms with Gasteiger partial charge in [0.2, 0.25) is 0 Å². The Morgan fingerprint density at radius 3 is 2.70 bits per heavy atom. The number of hydrogen-bond acceptors (Lipinski definition) is 4. The highest BCUT2D eigenvalue weighted by Gasteiger charge is 2.19. The van der Waals surface area contributed by atoms with Crippen LogP contribution in [0, 0.1) is 11.3 Å². The fraction of sp³-hybridized carbons (Fsp3) is 0.118. The molecule has 0 radical (unpaired) electrons. The van der Waals surface area contributed by atoms with E-state index in [1.54, 1.807) is 43.5 Å². The number of nitriles is 1. The SMILES string of the molecule is COc1ccc(/C=N\NC(=O)[C@@H](C#N)c2ccccc2)cc1Br. The van der Waals surface area contributed by atoms with Crippen LogP contribution >= 0.6 is 15.9 Å². The van der Waals surface area contributed by atoms with Gasteiger partial charge >= 0.3 is 0 Å². The number of carbonyl (C=O) groups is 1. The summed E-state index contributed by atoms with van der Waals surface area (Å²) in [6.45, 7) is 0. The van der Waals surface area contributed by atoms with Crippen LogP contribution in [0.3, 0.4) is 0 Å². The molecule has 1 amide bonds. The predicted octanol–water partition coefficient (Wildman–Crippen LogP) is 3.22. The monoisotopic (exact) mass is 371 g/mol. The Kier molecular flexibility index (Phi) is 5.89. The van der Waals surface area contributed by atoms with Crippen LogP contribution in [0.4, 0.5) is 0 Å². The molecule has 0 heterocycles. The van der Waals surface area contributed by atoms with Gasteiger partial charge in [0.25, 0.3) is 5.91 Å².